The van der Waals surface area contributed by atoms with Gasteiger partial charge in [0, 0.05) is 10.9 Å². The zero-order chi connectivity index (χ0) is 10.7. The number of rotatable bonds is 3. The normalized spacial score (nSPS) is 10.2. The molecule has 78 valence electrons. The molecule has 0 saturated heterocycles. The highest BCUT2D eigenvalue weighted by Crippen LogP contribution is 2.22. The second-order valence-electron chi connectivity index (χ2n) is 2.77. The van der Waals surface area contributed by atoms with Crippen molar-refractivity contribution in [3.8, 4) is 11.3 Å². The molecule has 0 fully saturated rings. The third-order valence-electron chi connectivity index (χ3n) is 1.77. The Hall–Kier alpha value is -1.62. The molecule has 0 aliphatic carbocycles. The molecule has 0 aliphatic rings. The molecular formula is C10H9NO3S. The van der Waals surface area contributed by atoms with Gasteiger partial charge in [0.25, 0.3) is 0 Å². The van der Waals surface area contributed by atoms with Gasteiger partial charge in [0.1, 0.15) is 0 Å². The summed E-state index contributed by atoms with van der Waals surface area (Å²) >= 11 is 1.27. The molecular weight excluding hydrogens is 214 g/mol. The second-order valence-corrected chi connectivity index (χ2v) is 3.63. The first kappa shape index (κ1) is 9.92. The molecule has 0 N–H and O–H groups in total. The summed E-state index contributed by atoms with van der Waals surface area (Å²) in [6, 6.07) is 1.80. The summed E-state index contributed by atoms with van der Waals surface area (Å²) in [7, 11) is 0. The lowest BCUT2D eigenvalue weighted by molar-refractivity contribution is 0.0526. The van der Waals surface area contributed by atoms with Crippen LogP contribution in [0.15, 0.2) is 28.4 Å². The monoisotopic (exact) mass is 223 g/mol. The van der Waals surface area contributed by atoms with Crippen molar-refractivity contribution < 1.29 is 13.9 Å². The molecule has 0 spiro atoms. The molecule has 0 bridgehead atoms. The molecule has 2 heterocycles. The van der Waals surface area contributed by atoms with E-state index >= 15 is 0 Å². The number of esters is 1. The van der Waals surface area contributed by atoms with E-state index in [0.717, 1.165) is 11.3 Å². The van der Waals surface area contributed by atoms with Crippen molar-refractivity contribution in [3.63, 3.8) is 0 Å². The van der Waals surface area contributed by atoms with E-state index in [0.29, 0.717) is 11.6 Å². The number of hydrogen-bond donors (Lipinski definition) is 0. The number of hydrogen-bond acceptors (Lipinski definition) is 5. The summed E-state index contributed by atoms with van der Waals surface area (Å²) in [5.74, 6) is -0.378. The van der Waals surface area contributed by atoms with Crippen LogP contribution in [0.3, 0.4) is 0 Å². The van der Waals surface area contributed by atoms with Gasteiger partial charge in [0.15, 0.2) is 0 Å². The van der Waals surface area contributed by atoms with Crippen molar-refractivity contribution in [2.45, 2.75) is 6.92 Å². The fourth-order valence-electron chi connectivity index (χ4n) is 1.10. The van der Waals surface area contributed by atoms with Crippen LogP contribution < -0.4 is 0 Å². The SMILES string of the molecule is CCOC(=O)c1nc(-c2ccoc2)cs1. The molecule has 0 saturated carbocycles. The second kappa shape index (κ2) is 4.27. The molecule has 15 heavy (non-hydrogen) atoms. The van der Waals surface area contributed by atoms with E-state index in [9.17, 15) is 4.79 Å². The molecule has 0 unspecified atom stereocenters. The highest BCUT2D eigenvalue weighted by molar-refractivity contribution is 7.11. The summed E-state index contributed by atoms with van der Waals surface area (Å²) in [6.07, 6.45) is 3.16. The largest absolute Gasteiger partial charge is 0.472 e. The highest BCUT2D eigenvalue weighted by Gasteiger charge is 2.13. The lowest BCUT2D eigenvalue weighted by Crippen LogP contribution is -2.03. The van der Waals surface area contributed by atoms with Gasteiger partial charge in [-0.15, -0.1) is 11.3 Å². The average molecular weight is 223 g/mol. The molecule has 2 aromatic rings. The Labute approximate surface area is 90.5 Å². The summed E-state index contributed by atoms with van der Waals surface area (Å²) in [4.78, 5) is 15.5. The Morgan fingerprint density at radius 3 is 3.20 bits per heavy atom. The first-order valence-electron chi connectivity index (χ1n) is 4.46. The quantitative estimate of drug-likeness (QED) is 0.750. The fourth-order valence-corrected chi connectivity index (χ4v) is 1.82. The number of furan rings is 1. The standard InChI is InChI=1S/C10H9NO3S/c1-2-14-10(12)9-11-8(6-15-9)7-3-4-13-5-7/h3-6H,2H2,1H3. The van der Waals surface area contributed by atoms with Crippen LogP contribution in [0.1, 0.15) is 16.7 Å². The van der Waals surface area contributed by atoms with Gasteiger partial charge in [-0.25, -0.2) is 9.78 Å². The maximum absolute atomic E-state index is 11.3. The van der Waals surface area contributed by atoms with Gasteiger partial charge < -0.3 is 9.15 Å². The zero-order valence-corrected chi connectivity index (χ0v) is 8.91. The van der Waals surface area contributed by atoms with E-state index in [-0.39, 0.29) is 5.97 Å². The Morgan fingerprint density at radius 1 is 1.67 bits per heavy atom. The van der Waals surface area contributed by atoms with E-state index in [1.54, 1.807) is 30.9 Å². The number of ether oxygens (including phenoxy) is 1. The van der Waals surface area contributed by atoms with Crippen LogP contribution in [0.25, 0.3) is 11.3 Å². The van der Waals surface area contributed by atoms with E-state index in [1.807, 2.05) is 0 Å². The molecule has 4 nitrogen and oxygen atoms in total. The van der Waals surface area contributed by atoms with Crippen molar-refractivity contribution in [1.29, 1.82) is 0 Å². The molecule has 0 aromatic carbocycles. The zero-order valence-electron chi connectivity index (χ0n) is 8.10. The number of nitrogens with zero attached hydrogens (tertiary/aromatic N) is 1. The lowest BCUT2D eigenvalue weighted by atomic mass is 10.3. The summed E-state index contributed by atoms with van der Waals surface area (Å²) in [5, 5.41) is 2.17. The average Bonchev–Trinajstić information content (AvgIpc) is 2.89. The first-order chi connectivity index (χ1) is 7.31. The number of thiazole rings is 1. The van der Waals surface area contributed by atoms with Crippen molar-refractivity contribution in [3.05, 3.63) is 29.0 Å². The van der Waals surface area contributed by atoms with Gasteiger partial charge in [-0.1, -0.05) is 0 Å². The van der Waals surface area contributed by atoms with Crippen LogP contribution in [0.4, 0.5) is 0 Å². The predicted molar refractivity (Wildman–Crippen MR) is 55.8 cm³/mol. The summed E-state index contributed by atoms with van der Waals surface area (Å²) < 4.78 is 9.78. The van der Waals surface area contributed by atoms with Gasteiger partial charge in [-0.3, -0.25) is 0 Å². The van der Waals surface area contributed by atoms with Crippen LogP contribution >= 0.6 is 11.3 Å². The van der Waals surface area contributed by atoms with Crippen molar-refractivity contribution >= 4 is 17.3 Å². The van der Waals surface area contributed by atoms with E-state index in [4.69, 9.17) is 9.15 Å². The van der Waals surface area contributed by atoms with E-state index < -0.39 is 0 Å². The smallest absolute Gasteiger partial charge is 0.367 e. The predicted octanol–water partition coefficient (Wildman–Crippen LogP) is 2.58. The fraction of sp³-hybridized carbons (Fsp3) is 0.200. The molecule has 2 aromatic heterocycles. The lowest BCUT2D eigenvalue weighted by Gasteiger charge is -1.95. The van der Waals surface area contributed by atoms with Gasteiger partial charge in [0.05, 0.1) is 24.8 Å². The van der Waals surface area contributed by atoms with Gasteiger partial charge in [-0.2, -0.15) is 0 Å². The minimum Gasteiger partial charge on any atom is -0.472 e. The Morgan fingerprint density at radius 2 is 2.53 bits per heavy atom. The van der Waals surface area contributed by atoms with Crippen LogP contribution in [0.5, 0.6) is 0 Å². The summed E-state index contributed by atoms with van der Waals surface area (Å²) in [5.41, 5.74) is 1.60. The molecule has 5 heteroatoms. The third-order valence-corrected chi connectivity index (χ3v) is 2.59. The Kier molecular flexibility index (Phi) is 2.82. The number of aromatic nitrogens is 1. The Bertz CT molecular complexity index is 447. The topological polar surface area (TPSA) is 52.3 Å². The summed E-state index contributed by atoms with van der Waals surface area (Å²) in [6.45, 7) is 2.13. The highest BCUT2D eigenvalue weighted by atomic mass is 32.1. The molecule has 0 radical (unpaired) electrons. The van der Waals surface area contributed by atoms with Crippen molar-refractivity contribution in [2.24, 2.45) is 0 Å². The first-order valence-corrected chi connectivity index (χ1v) is 5.34. The van der Waals surface area contributed by atoms with Gasteiger partial charge >= 0.3 is 5.97 Å². The molecule has 0 atom stereocenters. The Balaban J connectivity index is 2.21. The molecule has 2 rings (SSSR count). The van der Waals surface area contributed by atoms with Crippen molar-refractivity contribution in [1.82, 2.24) is 4.98 Å². The van der Waals surface area contributed by atoms with Gasteiger partial charge in [0.2, 0.25) is 5.01 Å². The molecule has 0 aliphatic heterocycles. The maximum Gasteiger partial charge on any atom is 0.367 e. The van der Waals surface area contributed by atoms with Crippen LogP contribution in [-0.2, 0) is 4.74 Å². The van der Waals surface area contributed by atoms with Crippen LogP contribution in [0.2, 0.25) is 0 Å². The van der Waals surface area contributed by atoms with Crippen molar-refractivity contribution in [2.75, 3.05) is 6.61 Å². The van der Waals surface area contributed by atoms with E-state index in [2.05, 4.69) is 4.98 Å². The number of carbonyl (C=O) groups is 1. The minimum atomic E-state index is -0.378. The van der Waals surface area contributed by atoms with Crippen LogP contribution in [0, 0.1) is 0 Å². The third kappa shape index (κ3) is 2.07. The van der Waals surface area contributed by atoms with Gasteiger partial charge in [-0.05, 0) is 13.0 Å². The number of carbonyl (C=O) groups excluding carboxylic acids is 1. The van der Waals surface area contributed by atoms with E-state index in [1.165, 1.54) is 11.3 Å². The maximum atomic E-state index is 11.3. The van der Waals surface area contributed by atoms with Crippen LogP contribution in [-0.4, -0.2) is 17.6 Å². The molecule has 0 amide bonds. The minimum absolute atomic E-state index is 0.361.